The number of alkyl halides is 1. The van der Waals surface area contributed by atoms with Crippen LogP contribution < -0.4 is 4.74 Å². The monoisotopic (exact) mass is 268 g/mol. The van der Waals surface area contributed by atoms with Crippen LogP contribution in [-0.2, 0) is 0 Å². The topological polar surface area (TPSA) is 9.23 Å². The third-order valence-corrected chi connectivity index (χ3v) is 2.56. The van der Waals surface area contributed by atoms with E-state index in [1.807, 2.05) is 0 Å². The summed E-state index contributed by atoms with van der Waals surface area (Å²) in [4.78, 5) is 0. The highest BCUT2D eigenvalue weighted by molar-refractivity contribution is 6.19. The predicted octanol–water partition coefficient (Wildman–Crippen LogP) is 4.23. The molecule has 0 atom stereocenters. The molecule has 1 rings (SSSR count). The van der Waals surface area contributed by atoms with Crippen LogP contribution in [0.1, 0.15) is 32.3 Å². The lowest BCUT2D eigenvalue weighted by Crippen LogP contribution is -2.00. The van der Waals surface area contributed by atoms with Gasteiger partial charge in [0.25, 0.3) is 0 Å². The number of hydrogen-bond acceptors (Lipinski definition) is 1. The van der Waals surface area contributed by atoms with Crippen LogP contribution in [0, 0.1) is 23.6 Å². The van der Waals surface area contributed by atoms with Crippen LogP contribution >= 0.6 is 11.6 Å². The summed E-state index contributed by atoms with van der Waals surface area (Å²) in [5, 5.41) is 0. The molecule has 1 aromatic carbocycles. The van der Waals surface area contributed by atoms with Crippen LogP contribution in [0.2, 0.25) is 0 Å². The van der Waals surface area contributed by atoms with Crippen LogP contribution in [0.25, 0.3) is 0 Å². The van der Waals surface area contributed by atoms with Gasteiger partial charge < -0.3 is 4.74 Å². The summed E-state index contributed by atoms with van der Waals surface area (Å²) in [6, 6.07) is 4.72. The first-order valence-electron chi connectivity index (χ1n) is 6.10. The van der Waals surface area contributed by atoms with E-state index in [4.69, 9.17) is 16.3 Å². The van der Waals surface area contributed by atoms with Crippen molar-refractivity contribution in [1.82, 2.24) is 0 Å². The molecule has 0 saturated carbocycles. The van der Waals surface area contributed by atoms with E-state index in [0.29, 0.717) is 23.8 Å². The van der Waals surface area contributed by atoms with E-state index in [1.54, 1.807) is 12.1 Å². The van der Waals surface area contributed by atoms with Crippen molar-refractivity contribution in [2.75, 3.05) is 12.5 Å². The largest absolute Gasteiger partial charge is 0.493 e. The maximum atomic E-state index is 13.6. The van der Waals surface area contributed by atoms with Gasteiger partial charge in [0.05, 0.1) is 18.1 Å². The first kappa shape index (κ1) is 14.9. The van der Waals surface area contributed by atoms with Crippen molar-refractivity contribution < 1.29 is 9.13 Å². The molecule has 0 unspecified atom stereocenters. The standard InChI is InChI=1S/C15H18ClFO/c1-12(2)5-4-10-18-14-8-7-13(6-3-9-16)15(17)11-14/h7-8,11-12H,4-5,9-10H2,1-2H3. The normalized spacial score (nSPS) is 10.1. The summed E-state index contributed by atoms with van der Waals surface area (Å²) in [5.41, 5.74) is 0.352. The van der Waals surface area contributed by atoms with E-state index >= 15 is 0 Å². The van der Waals surface area contributed by atoms with Crippen LogP contribution in [0.3, 0.4) is 0 Å². The minimum absolute atomic E-state index is 0.201. The Morgan fingerprint density at radius 2 is 2.17 bits per heavy atom. The number of halogens is 2. The Morgan fingerprint density at radius 3 is 2.78 bits per heavy atom. The fourth-order valence-electron chi connectivity index (χ4n) is 1.50. The van der Waals surface area contributed by atoms with Gasteiger partial charge in [-0.05, 0) is 30.9 Å². The van der Waals surface area contributed by atoms with Gasteiger partial charge in [0.15, 0.2) is 0 Å². The molecule has 0 aliphatic carbocycles. The molecular formula is C15H18ClFO. The molecule has 0 spiro atoms. The van der Waals surface area contributed by atoms with Crippen molar-refractivity contribution in [3.63, 3.8) is 0 Å². The fourth-order valence-corrected chi connectivity index (χ4v) is 1.56. The molecule has 0 saturated heterocycles. The first-order valence-corrected chi connectivity index (χ1v) is 6.64. The zero-order chi connectivity index (χ0) is 13.4. The average molecular weight is 269 g/mol. The van der Waals surface area contributed by atoms with Gasteiger partial charge in [-0.3, -0.25) is 0 Å². The Morgan fingerprint density at radius 1 is 1.39 bits per heavy atom. The highest BCUT2D eigenvalue weighted by Gasteiger charge is 2.02. The smallest absolute Gasteiger partial charge is 0.142 e. The second kappa shape index (κ2) is 8.00. The summed E-state index contributed by atoms with van der Waals surface area (Å²) in [6.45, 7) is 4.96. The second-order valence-corrected chi connectivity index (χ2v) is 4.73. The van der Waals surface area contributed by atoms with Crippen molar-refractivity contribution in [1.29, 1.82) is 0 Å². The molecule has 3 heteroatoms. The molecular weight excluding hydrogens is 251 g/mol. The quantitative estimate of drug-likeness (QED) is 0.441. The van der Waals surface area contributed by atoms with Gasteiger partial charge >= 0.3 is 0 Å². The lowest BCUT2D eigenvalue weighted by Gasteiger charge is -2.08. The van der Waals surface area contributed by atoms with Crippen LogP contribution in [0.15, 0.2) is 18.2 Å². The lowest BCUT2D eigenvalue weighted by atomic mass is 10.1. The number of hydrogen-bond donors (Lipinski definition) is 0. The maximum Gasteiger partial charge on any atom is 0.142 e. The number of ether oxygens (including phenoxy) is 1. The molecule has 1 aromatic rings. The van der Waals surface area contributed by atoms with E-state index < -0.39 is 0 Å². The van der Waals surface area contributed by atoms with Crippen LogP contribution in [0.5, 0.6) is 5.75 Å². The van der Waals surface area contributed by atoms with Crippen LogP contribution in [-0.4, -0.2) is 12.5 Å². The van der Waals surface area contributed by atoms with Crippen molar-refractivity contribution in [3.05, 3.63) is 29.6 Å². The predicted molar refractivity (Wildman–Crippen MR) is 73.6 cm³/mol. The van der Waals surface area contributed by atoms with E-state index in [2.05, 4.69) is 25.7 Å². The Balaban J connectivity index is 2.51. The summed E-state index contributed by atoms with van der Waals surface area (Å²) in [7, 11) is 0. The summed E-state index contributed by atoms with van der Waals surface area (Å²) in [6.07, 6.45) is 2.09. The Bertz CT molecular complexity index is 432. The average Bonchev–Trinajstić information content (AvgIpc) is 2.33. The van der Waals surface area contributed by atoms with Gasteiger partial charge in [-0.15, -0.1) is 11.6 Å². The van der Waals surface area contributed by atoms with Gasteiger partial charge in [0, 0.05) is 6.07 Å². The zero-order valence-electron chi connectivity index (χ0n) is 10.8. The number of benzene rings is 1. The first-order chi connectivity index (χ1) is 8.63. The Labute approximate surface area is 113 Å². The zero-order valence-corrected chi connectivity index (χ0v) is 11.6. The molecule has 0 bridgehead atoms. The molecule has 0 radical (unpaired) electrons. The van der Waals surface area contributed by atoms with Gasteiger partial charge in [-0.1, -0.05) is 25.7 Å². The third-order valence-electron chi connectivity index (χ3n) is 2.42. The summed E-state index contributed by atoms with van der Waals surface area (Å²) >= 11 is 5.42. The Hall–Kier alpha value is -1.20. The molecule has 0 aliphatic heterocycles. The molecule has 0 aromatic heterocycles. The molecule has 0 amide bonds. The van der Waals surface area contributed by atoms with E-state index in [0.717, 1.165) is 12.8 Å². The van der Waals surface area contributed by atoms with Crippen molar-refractivity contribution in [2.45, 2.75) is 26.7 Å². The summed E-state index contributed by atoms with van der Waals surface area (Å²) in [5.74, 6) is 6.33. The fraction of sp³-hybridized carbons (Fsp3) is 0.467. The molecule has 0 heterocycles. The van der Waals surface area contributed by atoms with Crippen molar-refractivity contribution in [2.24, 2.45) is 5.92 Å². The lowest BCUT2D eigenvalue weighted by molar-refractivity contribution is 0.296. The highest BCUT2D eigenvalue weighted by Crippen LogP contribution is 2.16. The second-order valence-electron chi connectivity index (χ2n) is 4.46. The van der Waals surface area contributed by atoms with Crippen molar-refractivity contribution >= 4 is 11.6 Å². The minimum Gasteiger partial charge on any atom is -0.493 e. The van der Waals surface area contributed by atoms with Gasteiger partial charge in [-0.25, -0.2) is 4.39 Å². The van der Waals surface area contributed by atoms with E-state index in [9.17, 15) is 4.39 Å². The summed E-state index contributed by atoms with van der Waals surface area (Å²) < 4.78 is 19.1. The van der Waals surface area contributed by atoms with E-state index in [-0.39, 0.29) is 11.7 Å². The van der Waals surface area contributed by atoms with Gasteiger partial charge in [0.1, 0.15) is 11.6 Å². The third kappa shape index (κ3) is 5.42. The molecule has 98 valence electrons. The minimum atomic E-state index is -0.367. The van der Waals surface area contributed by atoms with Crippen molar-refractivity contribution in [3.8, 4) is 17.6 Å². The maximum absolute atomic E-state index is 13.6. The van der Waals surface area contributed by atoms with Crippen LogP contribution in [0.4, 0.5) is 4.39 Å². The van der Waals surface area contributed by atoms with Gasteiger partial charge in [-0.2, -0.15) is 0 Å². The molecule has 0 N–H and O–H groups in total. The Kier molecular flexibility index (Phi) is 6.60. The molecule has 1 nitrogen and oxygen atoms in total. The SMILES string of the molecule is CC(C)CCCOc1ccc(C#CCCl)c(F)c1. The van der Waals surface area contributed by atoms with E-state index in [1.165, 1.54) is 6.07 Å². The molecule has 0 fully saturated rings. The number of rotatable bonds is 5. The molecule has 0 aliphatic rings. The highest BCUT2D eigenvalue weighted by atomic mass is 35.5. The van der Waals surface area contributed by atoms with Gasteiger partial charge in [0.2, 0.25) is 0 Å². The molecule has 18 heavy (non-hydrogen) atoms.